The molecule has 27 heavy (non-hydrogen) atoms. The van der Waals surface area contributed by atoms with E-state index >= 15 is 0 Å². The van der Waals surface area contributed by atoms with Gasteiger partial charge < -0.3 is 15.2 Å². The van der Waals surface area contributed by atoms with E-state index in [1.807, 2.05) is 42.5 Å². The van der Waals surface area contributed by atoms with E-state index in [1.54, 1.807) is 7.11 Å². The molecule has 0 heterocycles. The van der Waals surface area contributed by atoms with Crippen molar-refractivity contribution in [3.05, 3.63) is 48.0 Å². The van der Waals surface area contributed by atoms with E-state index < -0.39 is 11.9 Å². The van der Waals surface area contributed by atoms with Crippen LogP contribution >= 0.6 is 0 Å². The Morgan fingerprint density at radius 2 is 1.93 bits per heavy atom. The second-order valence-electron chi connectivity index (χ2n) is 7.51. The summed E-state index contributed by atoms with van der Waals surface area (Å²) in [5.41, 5.74) is 0.593. The first kappa shape index (κ1) is 19.4. The predicted octanol–water partition coefficient (Wildman–Crippen LogP) is 3.41. The fraction of sp³-hybridized carbons (Fsp3) is 0.455. The molecule has 0 aliphatic heterocycles. The van der Waals surface area contributed by atoms with Crippen LogP contribution in [0.5, 0.6) is 0 Å². The highest BCUT2D eigenvalue weighted by Crippen LogP contribution is 2.44. The summed E-state index contributed by atoms with van der Waals surface area (Å²) in [4.78, 5) is 24.4. The Labute approximate surface area is 159 Å². The zero-order valence-electron chi connectivity index (χ0n) is 15.7. The molecule has 0 aromatic heterocycles. The molecular weight excluding hydrogens is 342 g/mol. The van der Waals surface area contributed by atoms with E-state index in [0.29, 0.717) is 19.4 Å². The molecule has 5 heteroatoms. The number of carboxylic acids is 1. The van der Waals surface area contributed by atoms with Gasteiger partial charge in [-0.1, -0.05) is 48.9 Å². The summed E-state index contributed by atoms with van der Waals surface area (Å²) in [5.74, 6) is -1.56. The SMILES string of the molecule is COCCC1(C(=O)NCC(Cc2ccc3ccccc3c2)C(=O)O)CCC1. The third kappa shape index (κ3) is 4.48. The average molecular weight is 369 g/mol. The van der Waals surface area contributed by atoms with E-state index in [0.717, 1.165) is 35.6 Å². The van der Waals surface area contributed by atoms with Crippen LogP contribution < -0.4 is 5.32 Å². The topological polar surface area (TPSA) is 75.6 Å². The maximum Gasteiger partial charge on any atom is 0.308 e. The van der Waals surface area contributed by atoms with E-state index in [2.05, 4.69) is 5.32 Å². The summed E-state index contributed by atoms with van der Waals surface area (Å²) in [5, 5.41) is 14.7. The monoisotopic (exact) mass is 369 g/mol. The van der Waals surface area contributed by atoms with E-state index in [1.165, 1.54) is 0 Å². The number of nitrogens with one attached hydrogen (secondary N) is 1. The molecule has 144 valence electrons. The number of aliphatic carboxylic acids is 1. The van der Waals surface area contributed by atoms with Crippen molar-refractivity contribution in [2.75, 3.05) is 20.3 Å². The van der Waals surface area contributed by atoms with Crippen molar-refractivity contribution in [3.63, 3.8) is 0 Å². The van der Waals surface area contributed by atoms with Crippen molar-refractivity contribution in [3.8, 4) is 0 Å². The van der Waals surface area contributed by atoms with Crippen molar-refractivity contribution in [1.82, 2.24) is 5.32 Å². The number of rotatable bonds is 9. The number of carbonyl (C=O) groups excluding carboxylic acids is 1. The Morgan fingerprint density at radius 1 is 1.19 bits per heavy atom. The molecule has 1 unspecified atom stereocenters. The second kappa shape index (κ2) is 8.53. The molecule has 5 nitrogen and oxygen atoms in total. The van der Waals surface area contributed by atoms with Gasteiger partial charge in [0.1, 0.15) is 0 Å². The van der Waals surface area contributed by atoms with Crippen LogP contribution in [0, 0.1) is 11.3 Å². The summed E-state index contributed by atoms with van der Waals surface area (Å²) in [6.07, 6.45) is 3.83. The lowest BCUT2D eigenvalue weighted by Gasteiger charge is -2.40. The Hall–Kier alpha value is -2.40. The van der Waals surface area contributed by atoms with Gasteiger partial charge in [-0.05, 0) is 42.0 Å². The zero-order chi connectivity index (χ0) is 19.3. The molecule has 0 radical (unpaired) electrons. The Balaban J connectivity index is 1.63. The Bertz CT molecular complexity index is 813. The summed E-state index contributed by atoms with van der Waals surface area (Å²) >= 11 is 0. The van der Waals surface area contributed by atoms with Gasteiger partial charge in [-0.25, -0.2) is 0 Å². The summed E-state index contributed by atoms with van der Waals surface area (Å²) in [6.45, 7) is 0.697. The highest BCUT2D eigenvalue weighted by molar-refractivity contribution is 5.84. The van der Waals surface area contributed by atoms with Gasteiger partial charge in [-0.3, -0.25) is 9.59 Å². The number of carboxylic acid groups (broad SMARTS) is 1. The molecule has 1 fully saturated rings. The van der Waals surface area contributed by atoms with Crippen LogP contribution in [0.1, 0.15) is 31.2 Å². The standard InChI is InChI=1S/C22H27NO4/c1-27-12-11-22(9-4-10-22)21(26)23-15-19(20(24)25)14-16-7-8-17-5-2-3-6-18(17)13-16/h2-3,5-8,13,19H,4,9-12,14-15H2,1H3,(H,23,26)(H,24,25). The van der Waals surface area contributed by atoms with Gasteiger partial charge in [0.25, 0.3) is 0 Å². The molecular formula is C22H27NO4. The lowest BCUT2D eigenvalue weighted by atomic mass is 9.66. The Morgan fingerprint density at radius 3 is 2.56 bits per heavy atom. The normalized spacial score (nSPS) is 16.5. The number of hydrogen-bond acceptors (Lipinski definition) is 3. The van der Waals surface area contributed by atoms with Gasteiger partial charge in [0.05, 0.1) is 11.3 Å². The summed E-state index contributed by atoms with van der Waals surface area (Å²) < 4.78 is 5.13. The smallest absolute Gasteiger partial charge is 0.308 e. The molecule has 2 aromatic carbocycles. The molecule has 1 amide bonds. The minimum absolute atomic E-state index is 0.0319. The van der Waals surface area contributed by atoms with Crippen LogP contribution in [0.4, 0.5) is 0 Å². The predicted molar refractivity (Wildman–Crippen MR) is 105 cm³/mol. The van der Waals surface area contributed by atoms with Crippen LogP contribution in [0.2, 0.25) is 0 Å². The van der Waals surface area contributed by atoms with Crippen molar-refractivity contribution in [1.29, 1.82) is 0 Å². The first-order chi connectivity index (χ1) is 13.0. The highest BCUT2D eigenvalue weighted by atomic mass is 16.5. The number of methoxy groups -OCH3 is 1. The van der Waals surface area contributed by atoms with E-state index in [9.17, 15) is 14.7 Å². The molecule has 0 spiro atoms. The molecule has 0 bridgehead atoms. The maximum absolute atomic E-state index is 12.6. The second-order valence-corrected chi connectivity index (χ2v) is 7.51. The van der Waals surface area contributed by atoms with Gasteiger partial charge in [0.15, 0.2) is 0 Å². The molecule has 2 aromatic rings. The third-order valence-electron chi connectivity index (χ3n) is 5.73. The lowest BCUT2D eigenvalue weighted by molar-refractivity contribution is -0.142. The fourth-order valence-corrected chi connectivity index (χ4v) is 3.79. The molecule has 1 aliphatic rings. The zero-order valence-corrected chi connectivity index (χ0v) is 15.7. The van der Waals surface area contributed by atoms with Gasteiger partial charge in [-0.2, -0.15) is 0 Å². The number of fused-ring (bicyclic) bond motifs is 1. The minimum Gasteiger partial charge on any atom is -0.481 e. The lowest BCUT2D eigenvalue weighted by Crippen LogP contribution is -2.48. The van der Waals surface area contributed by atoms with Crippen LogP contribution in [-0.4, -0.2) is 37.2 Å². The third-order valence-corrected chi connectivity index (χ3v) is 5.73. The van der Waals surface area contributed by atoms with Crippen LogP contribution in [0.15, 0.2) is 42.5 Å². The summed E-state index contributed by atoms with van der Waals surface area (Å²) in [6, 6.07) is 14.0. The van der Waals surface area contributed by atoms with Crippen molar-refractivity contribution in [2.45, 2.75) is 32.1 Å². The molecule has 1 saturated carbocycles. The maximum atomic E-state index is 12.6. The van der Waals surface area contributed by atoms with Crippen LogP contribution in [0.3, 0.4) is 0 Å². The molecule has 3 rings (SSSR count). The minimum atomic E-state index is -0.886. The van der Waals surface area contributed by atoms with Crippen LogP contribution in [-0.2, 0) is 20.7 Å². The first-order valence-electron chi connectivity index (χ1n) is 9.52. The van der Waals surface area contributed by atoms with Gasteiger partial charge in [-0.15, -0.1) is 0 Å². The number of benzene rings is 2. The largest absolute Gasteiger partial charge is 0.481 e. The highest BCUT2D eigenvalue weighted by Gasteiger charge is 2.43. The number of hydrogen-bond donors (Lipinski definition) is 2. The number of amides is 1. The number of carbonyl (C=O) groups is 2. The summed E-state index contributed by atoms with van der Waals surface area (Å²) in [7, 11) is 1.63. The Kier molecular flexibility index (Phi) is 6.11. The number of ether oxygens (including phenoxy) is 1. The first-order valence-corrected chi connectivity index (χ1v) is 9.52. The molecule has 2 N–H and O–H groups in total. The molecule has 1 aliphatic carbocycles. The van der Waals surface area contributed by atoms with Gasteiger partial charge in [0.2, 0.25) is 5.91 Å². The van der Waals surface area contributed by atoms with Gasteiger partial charge >= 0.3 is 5.97 Å². The van der Waals surface area contributed by atoms with Crippen molar-refractivity contribution >= 4 is 22.6 Å². The fourth-order valence-electron chi connectivity index (χ4n) is 3.79. The van der Waals surface area contributed by atoms with E-state index in [4.69, 9.17) is 4.74 Å². The average Bonchev–Trinajstić information content (AvgIpc) is 2.64. The van der Waals surface area contributed by atoms with E-state index in [-0.39, 0.29) is 17.9 Å². The van der Waals surface area contributed by atoms with Crippen LogP contribution in [0.25, 0.3) is 10.8 Å². The quantitative estimate of drug-likeness (QED) is 0.710. The van der Waals surface area contributed by atoms with Crippen molar-refractivity contribution in [2.24, 2.45) is 11.3 Å². The van der Waals surface area contributed by atoms with Gasteiger partial charge in [0, 0.05) is 20.3 Å². The molecule has 0 saturated heterocycles. The van der Waals surface area contributed by atoms with Crippen molar-refractivity contribution < 1.29 is 19.4 Å². The molecule has 1 atom stereocenters.